The van der Waals surface area contributed by atoms with Crippen LogP contribution < -0.4 is 10.2 Å². The molecule has 148 valence electrons. The number of benzene rings is 2. The number of nitrogens with one attached hydrogen (secondary N) is 1. The van der Waals surface area contributed by atoms with Crippen LogP contribution in [0.25, 0.3) is 0 Å². The number of amides is 1. The summed E-state index contributed by atoms with van der Waals surface area (Å²) in [4.78, 5) is 25.7. The Kier molecular flexibility index (Phi) is 6.36. The molecule has 1 saturated heterocycles. The molecule has 1 N–H and O–H groups in total. The van der Waals surface area contributed by atoms with Crippen molar-refractivity contribution in [2.45, 2.75) is 6.54 Å². The van der Waals surface area contributed by atoms with Gasteiger partial charge < -0.3 is 10.2 Å². The number of carbonyl (C=O) groups excluding carboxylic acids is 1. The van der Waals surface area contributed by atoms with Crippen molar-refractivity contribution in [3.05, 3.63) is 81.7 Å². The highest BCUT2D eigenvalue weighted by Gasteiger charge is 2.19. The predicted molar refractivity (Wildman–Crippen MR) is 123 cm³/mol. The molecule has 3 aromatic rings. The zero-order chi connectivity index (χ0) is 20.1. The van der Waals surface area contributed by atoms with Gasteiger partial charge >= 0.3 is 0 Å². The topological polar surface area (TPSA) is 61.4 Å². The molecule has 1 aliphatic heterocycles. The zero-order valence-electron chi connectivity index (χ0n) is 16.0. The Labute approximate surface area is 184 Å². The van der Waals surface area contributed by atoms with E-state index < -0.39 is 0 Å². The fraction of sp³-hybridized carbons (Fsp3) is 0.227. The van der Waals surface area contributed by atoms with Crippen LogP contribution in [-0.2, 0) is 6.54 Å². The van der Waals surface area contributed by atoms with Crippen molar-refractivity contribution < 1.29 is 4.79 Å². The summed E-state index contributed by atoms with van der Waals surface area (Å²) in [6.07, 6.45) is 1.51. The molecule has 0 atom stereocenters. The summed E-state index contributed by atoms with van der Waals surface area (Å²) in [6, 6.07) is 19.8. The Hall–Kier alpha value is -2.52. The molecule has 1 amide bonds. The van der Waals surface area contributed by atoms with Gasteiger partial charge in [-0.05, 0) is 52.4 Å². The van der Waals surface area contributed by atoms with Crippen molar-refractivity contribution in [1.29, 1.82) is 0 Å². The lowest BCUT2D eigenvalue weighted by Crippen LogP contribution is -2.46. The van der Waals surface area contributed by atoms with E-state index in [1.54, 1.807) is 0 Å². The van der Waals surface area contributed by atoms with Gasteiger partial charge in [0.05, 0.1) is 0 Å². The lowest BCUT2D eigenvalue weighted by atomic mass is 10.2. The summed E-state index contributed by atoms with van der Waals surface area (Å²) in [5.41, 5.74) is 1.95. The largest absolute Gasteiger partial charge is 0.354 e. The summed E-state index contributed by atoms with van der Waals surface area (Å²) >= 11 is 2.22. The molecule has 4 rings (SSSR count). The Bertz CT molecular complexity index is 956. The highest BCUT2D eigenvalue weighted by Crippen LogP contribution is 2.18. The molecule has 0 radical (unpaired) electrons. The number of piperazine rings is 1. The minimum Gasteiger partial charge on any atom is -0.354 e. The van der Waals surface area contributed by atoms with Crippen LogP contribution >= 0.6 is 22.6 Å². The van der Waals surface area contributed by atoms with Gasteiger partial charge in [-0.15, -0.1) is 0 Å². The lowest BCUT2D eigenvalue weighted by molar-refractivity contribution is 0.102. The Morgan fingerprint density at radius 3 is 2.41 bits per heavy atom. The molecule has 0 bridgehead atoms. The first-order valence-corrected chi connectivity index (χ1v) is 10.7. The number of rotatable bonds is 5. The Morgan fingerprint density at radius 2 is 1.69 bits per heavy atom. The van der Waals surface area contributed by atoms with E-state index in [-0.39, 0.29) is 5.91 Å². The molecule has 29 heavy (non-hydrogen) atoms. The molecule has 0 aliphatic carbocycles. The molecule has 2 aromatic carbocycles. The first kappa shape index (κ1) is 19.8. The van der Waals surface area contributed by atoms with E-state index >= 15 is 0 Å². The third-order valence-electron chi connectivity index (χ3n) is 4.95. The average Bonchev–Trinajstić information content (AvgIpc) is 2.76. The van der Waals surface area contributed by atoms with Gasteiger partial charge in [-0.3, -0.25) is 9.69 Å². The normalized spacial score (nSPS) is 14.6. The first-order valence-electron chi connectivity index (χ1n) is 9.57. The van der Waals surface area contributed by atoms with Gasteiger partial charge in [-0.1, -0.05) is 30.3 Å². The molecule has 1 fully saturated rings. The van der Waals surface area contributed by atoms with Gasteiger partial charge in [0.1, 0.15) is 18.0 Å². The van der Waals surface area contributed by atoms with Crippen LogP contribution in [0.2, 0.25) is 0 Å². The van der Waals surface area contributed by atoms with Crippen molar-refractivity contribution in [1.82, 2.24) is 14.9 Å². The molecule has 0 spiro atoms. The number of hydrogen-bond donors (Lipinski definition) is 1. The summed E-state index contributed by atoms with van der Waals surface area (Å²) < 4.78 is 1.09. The van der Waals surface area contributed by atoms with E-state index in [0.29, 0.717) is 11.4 Å². The maximum Gasteiger partial charge on any atom is 0.256 e. The molecule has 2 heterocycles. The van der Waals surface area contributed by atoms with Crippen LogP contribution in [0.4, 0.5) is 11.6 Å². The maximum absolute atomic E-state index is 12.4. The number of nitrogens with zero attached hydrogens (tertiary/aromatic N) is 4. The molecule has 6 nitrogen and oxygen atoms in total. The standard InChI is InChI=1S/C22H22IN5O/c23-19-8-6-18(7-9-19)22(29)26-20-14-21(25-16-24-20)28-12-10-27(11-13-28)15-17-4-2-1-3-5-17/h1-9,14,16H,10-13,15H2,(H,24,25,26,29). The predicted octanol–water partition coefficient (Wildman–Crippen LogP) is 3.66. The van der Waals surface area contributed by atoms with Crippen LogP contribution in [0.1, 0.15) is 15.9 Å². The number of carbonyl (C=O) groups is 1. The molecule has 1 aliphatic rings. The SMILES string of the molecule is O=C(Nc1cc(N2CCN(Cc3ccccc3)CC2)ncn1)c1ccc(I)cc1. The van der Waals surface area contributed by atoms with Gasteiger partial charge in [-0.25, -0.2) is 9.97 Å². The molecule has 7 heteroatoms. The van der Waals surface area contributed by atoms with Crippen molar-refractivity contribution in [3.63, 3.8) is 0 Å². The second kappa shape index (κ2) is 9.32. The molecule has 1 aromatic heterocycles. The second-order valence-corrected chi connectivity index (χ2v) is 8.22. The third kappa shape index (κ3) is 5.30. The van der Waals surface area contributed by atoms with Gasteiger partial charge in [-0.2, -0.15) is 0 Å². The Balaban J connectivity index is 1.35. The minimum atomic E-state index is -0.168. The maximum atomic E-state index is 12.4. The van der Waals surface area contributed by atoms with E-state index in [9.17, 15) is 4.79 Å². The van der Waals surface area contributed by atoms with Crippen molar-refractivity contribution in [3.8, 4) is 0 Å². The second-order valence-electron chi connectivity index (χ2n) is 6.97. The fourth-order valence-electron chi connectivity index (χ4n) is 3.35. The summed E-state index contributed by atoms with van der Waals surface area (Å²) in [6.45, 7) is 4.71. The minimum absolute atomic E-state index is 0.168. The zero-order valence-corrected chi connectivity index (χ0v) is 18.1. The lowest BCUT2D eigenvalue weighted by Gasteiger charge is -2.35. The summed E-state index contributed by atoms with van der Waals surface area (Å²) in [5.74, 6) is 1.20. The quantitative estimate of drug-likeness (QED) is 0.544. The van der Waals surface area contributed by atoms with E-state index in [4.69, 9.17) is 0 Å². The third-order valence-corrected chi connectivity index (χ3v) is 5.67. The number of anilines is 2. The van der Waals surface area contributed by atoms with Crippen molar-refractivity contribution >= 4 is 40.1 Å². The molecular formula is C22H22IN5O. The van der Waals surface area contributed by atoms with E-state index in [2.05, 4.69) is 71.9 Å². The van der Waals surface area contributed by atoms with E-state index in [1.807, 2.05) is 36.4 Å². The van der Waals surface area contributed by atoms with Crippen molar-refractivity contribution in [2.75, 3.05) is 36.4 Å². The van der Waals surface area contributed by atoms with Crippen LogP contribution in [0.15, 0.2) is 67.0 Å². The molecular weight excluding hydrogens is 477 g/mol. The fourth-order valence-corrected chi connectivity index (χ4v) is 3.71. The summed E-state index contributed by atoms with van der Waals surface area (Å²) in [7, 11) is 0. The van der Waals surface area contributed by atoms with E-state index in [1.165, 1.54) is 11.9 Å². The van der Waals surface area contributed by atoms with Crippen LogP contribution in [0, 0.1) is 3.57 Å². The monoisotopic (exact) mass is 499 g/mol. The van der Waals surface area contributed by atoms with Crippen LogP contribution in [0.3, 0.4) is 0 Å². The summed E-state index contributed by atoms with van der Waals surface area (Å²) in [5, 5.41) is 2.87. The van der Waals surface area contributed by atoms with Crippen molar-refractivity contribution in [2.24, 2.45) is 0 Å². The van der Waals surface area contributed by atoms with Gasteiger partial charge in [0.25, 0.3) is 5.91 Å². The first-order chi connectivity index (χ1) is 14.2. The van der Waals surface area contributed by atoms with Gasteiger partial charge in [0.15, 0.2) is 0 Å². The van der Waals surface area contributed by atoms with E-state index in [0.717, 1.165) is 42.1 Å². The number of hydrogen-bond acceptors (Lipinski definition) is 5. The average molecular weight is 499 g/mol. The highest BCUT2D eigenvalue weighted by atomic mass is 127. The van der Waals surface area contributed by atoms with Crippen LogP contribution in [-0.4, -0.2) is 47.0 Å². The van der Waals surface area contributed by atoms with Gasteiger partial charge in [0, 0.05) is 47.9 Å². The molecule has 0 saturated carbocycles. The highest BCUT2D eigenvalue weighted by molar-refractivity contribution is 14.1. The van der Waals surface area contributed by atoms with Crippen LogP contribution in [0.5, 0.6) is 0 Å². The Morgan fingerprint density at radius 1 is 0.966 bits per heavy atom. The molecule has 0 unspecified atom stereocenters. The smallest absolute Gasteiger partial charge is 0.256 e. The number of aromatic nitrogens is 2. The van der Waals surface area contributed by atoms with Gasteiger partial charge in [0.2, 0.25) is 0 Å². The number of halogens is 1.